The highest BCUT2D eigenvalue weighted by atomic mass is 32.1. The van der Waals surface area contributed by atoms with Gasteiger partial charge in [-0.05, 0) is 62.7 Å². The molecule has 5 nitrogen and oxygen atoms in total. The van der Waals surface area contributed by atoms with Gasteiger partial charge in [-0.25, -0.2) is 18.6 Å². The summed E-state index contributed by atoms with van der Waals surface area (Å²) in [6.07, 6.45) is 1.10. The van der Waals surface area contributed by atoms with Crippen molar-refractivity contribution in [2.75, 3.05) is 0 Å². The fourth-order valence-corrected chi connectivity index (χ4v) is 8.13. The lowest BCUT2D eigenvalue weighted by Crippen LogP contribution is -2.68. The van der Waals surface area contributed by atoms with Crippen molar-refractivity contribution in [1.29, 1.82) is 0 Å². The van der Waals surface area contributed by atoms with Gasteiger partial charge in [-0.3, -0.25) is 4.79 Å². The van der Waals surface area contributed by atoms with Crippen molar-refractivity contribution in [3.8, 4) is 0 Å². The quantitative estimate of drug-likeness (QED) is 0.633. The van der Waals surface area contributed by atoms with Crippen molar-refractivity contribution in [2.45, 2.75) is 71.0 Å². The number of esters is 1. The number of halogens is 2. The Bertz CT molecular complexity index is 1080. The second kappa shape index (κ2) is 7.28. The molecule has 1 heterocycles. The van der Waals surface area contributed by atoms with Gasteiger partial charge in [0, 0.05) is 16.7 Å². The first kappa shape index (κ1) is 22.8. The summed E-state index contributed by atoms with van der Waals surface area (Å²) in [5.41, 5.74) is -1.90. The van der Waals surface area contributed by atoms with Gasteiger partial charge >= 0.3 is 5.97 Å². The van der Waals surface area contributed by atoms with E-state index >= 15 is 8.78 Å². The largest absolute Gasteiger partial charge is 0.457 e. The number of carbonyl (C=O) groups is 2. The third-order valence-corrected chi connectivity index (χ3v) is 9.93. The van der Waals surface area contributed by atoms with Crippen molar-refractivity contribution in [1.82, 2.24) is 4.98 Å². The number of aryl methyl sites for hydroxylation is 1. The summed E-state index contributed by atoms with van der Waals surface area (Å²) < 4.78 is 38.5. The minimum atomic E-state index is -2.12. The van der Waals surface area contributed by atoms with E-state index in [1.807, 2.05) is 13.8 Å². The molecular formula is C25H29F2NO4S. The molecule has 0 unspecified atom stereocenters. The van der Waals surface area contributed by atoms with Crippen molar-refractivity contribution in [3.05, 3.63) is 39.9 Å². The van der Waals surface area contributed by atoms with Gasteiger partial charge in [0.1, 0.15) is 17.2 Å². The summed E-state index contributed by atoms with van der Waals surface area (Å²) in [6.45, 7) is 7.24. The maximum atomic E-state index is 17.1. The summed E-state index contributed by atoms with van der Waals surface area (Å²) in [4.78, 5) is 29.4. The van der Waals surface area contributed by atoms with E-state index in [0.717, 1.165) is 0 Å². The number of ether oxygens (including phenoxy) is 1. The predicted octanol–water partition coefficient (Wildman–Crippen LogP) is 4.54. The van der Waals surface area contributed by atoms with Crippen molar-refractivity contribution < 1.29 is 28.2 Å². The second-order valence-electron chi connectivity index (χ2n) is 10.8. The van der Waals surface area contributed by atoms with Gasteiger partial charge in [0.25, 0.3) is 0 Å². The van der Waals surface area contributed by atoms with E-state index in [9.17, 15) is 14.7 Å². The Balaban J connectivity index is 1.52. The van der Waals surface area contributed by atoms with E-state index in [-0.39, 0.29) is 36.0 Å². The number of fused-ring (bicyclic) bond motifs is 5. The second-order valence-corrected chi connectivity index (χ2v) is 11.6. The molecule has 8 heteroatoms. The molecule has 0 aromatic carbocycles. The number of hydrogen-bond donors (Lipinski definition) is 1. The van der Waals surface area contributed by atoms with Crippen LogP contribution in [0.4, 0.5) is 8.78 Å². The lowest BCUT2D eigenvalue weighted by atomic mass is 9.45. The number of thiazole rings is 1. The molecule has 0 spiro atoms. The van der Waals surface area contributed by atoms with Gasteiger partial charge in [-0.15, -0.1) is 11.3 Å². The summed E-state index contributed by atoms with van der Waals surface area (Å²) in [5, 5.41) is 11.3. The molecule has 0 aliphatic heterocycles. The lowest BCUT2D eigenvalue weighted by Gasteiger charge is -2.62. The zero-order valence-corrected chi connectivity index (χ0v) is 20.0. The highest BCUT2D eigenvalue weighted by Gasteiger charge is 2.73. The lowest BCUT2D eigenvalue weighted by molar-refractivity contribution is -0.207. The van der Waals surface area contributed by atoms with Gasteiger partial charge < -0.3 is 9.84 Å². The first-order valence-corrected chi connectivity index (χ1v) is 12.4. The number of aliphatic hydroxyl groups excluding tert-OH is 1. The predicted molar refractivity (Wildman–Crippen MR) is 119 cm³/mol. The number of nitrogens with zero attached hydrogens (tertiary/aromatic N) is 1. The van der Waals surface area contributed by atoms with Crippen molar-refractivity contribution in [3.63, 3.8) is 0 Å². The van der Waals surface area contributed by atoms with Crippen LogP contribution < -0.4 is 0 Å². The number of aliphatic hydroxyl groups is 1. The molecule has 0 radical (unpaired) electrons. The maximum Gasteiger partial charge on any atom is 0.350 e. The molecule has 1 aromatic rings. The molecule has 4 aliphatic rings. The van der Waals surface area contributed by atoms with Crippen LogP contribution in [-0.4, -0.2) is 45.9 Å². The average molecular weight is 478 g/mol. The van der Waals surface area contributed by atoms with Crippen LogP contribution in [0.15, 0.2) is 29.3 Å². The topological polar surface area (TPSA) is 76.5 Å². The normalized spacial score (nSPS) is 46.3. The number of alkyl halides is 2. The summed E-state index contributed by atoms with van der Waals surface area (Å²) in [5.74, 6) is -1.93. The highest BCUT2D eigenvalue weighted by Crippen LogP contribution is 2.69. The van der Waals surface area contributed by atoms with Gasteiger partial charge in [-0.2, -0.15) is 0 Å². The van der Waals surface area contributed by atoms with Crippen molar-refractivity contribution >= 4 is 23.1 Å². The fraction of sp³-hybridized carbons (Fsp3) is 0.640. The third kappa shape index (κ3) is 2.92. The van der Waals surface area contributed by atoms with Gasteiger partial charge in [0.05, 0.1) is 17.3 Å². The van der Waals surface area contributed by atoms with E-state index in [1.165, 1.54) is 29.6 Å². The summed E-state index contributed by atoms with van der Waals surface area (Å²) >= 11 is 1.21. The molecule has 3 fully saturated rings. The molecule has 0 bridgehead atoms. The summed E-state index contributed by atoms with van der Waals surface area (Å²) in [6, 6.07) is 0. The fourth-order valence-electron chi connectivity index (χ4n) is 7.45. The van der Waals surface area contributed by atoms with E-state index < -0.39 is 46.8 Å². The third-order valence-electron chi connectivity index (χ3n) is 9.02. The van der Waals surface area contributed by atoms with Crippen LogP contribution in [-0.2, 0) is 9.53 Å². The van der Waals surface area contributed by atoms with Gasteiger partial charge in [0.2, 0.25) is 0 Å². The highest BCUT2D eigenvalue weighted by molar-refractivity contribution is 7.11. The van der Waals surface area contributed by atoms with E-state index in [1.54, 1.807) is 19.4 Å². The zero-order valence-electron chi connectivity index (χ0n) is 19.2. The zero-order chi connectivity index (χ0) is 23.9. The maximum absolute atomic E-state index is 17.1. The molecule has 178 valence electrons. The summed E-state index contributed by atoms with van der Waals surface area (Å²) in [7, 11) is 0. The number of rotatable bonds is 2. The van der Waals surface area contributed by atoms with Gasteiger partial charge in [0.15, 0.2) is 11.5 Å². The first-order valence-electron chi connectivity index (χ1n) is 11.5. The van der Waals surface area contributed by atoms with Crippen LogP contribution in [0, 0.1) is 35.5 Å². The van der Waals surface area contributed by atoms with E-state index in [0.29, 0.717) is 17.0 Å². The molecule has 0 saturated heterocycles. The van der Waals surface area contributed by atoms with E-state index in [4.69, 9.17) is 4.74 Å². The van der Waals surface area contributed by atoms with Crippen LogP contribution >= 0.6 is 11.3 Å². The molecule has 5 rings (SSSR count). The molecular weight excluding hydrogens is 448 g/mol. The smallest absolute Gasteiger partial charge is 0.350 e. The molecule has 1 N–H and O–H groups in total. The van der Waals surface area contributed by atoms with E-state index in [2.05, 4.69) is 4.98 Å². The Labute approximate surface area is 195 Å². The first-order chi connectivity index (χ1) is 15.4. The minimum Gasteiger partial charge on any atom is -0.457 e. The Morgan fingerprint density at radius 2 is 2.03 bits per heavy atom. The average Bonchev–Trinajstić information content (AvgIpc) is 3.28. The number of hydrogen-bond acceptors (Lipinski definition) is 6. The number of aromatic nitrogens is 1. The molecule has 0 amide bonds. The SMILES string of the molecule is Cc1ncsc1C(=O)O[C@@H]1[C@H](C)C[C@H]2[C@@H]3C[C@H](F)C4=CC(=O)C=C[C@]4(C)[C@@]3(F)[C@@H](O)C[C@]12C. The molecule has 3 saturated carbocycles. The molecule has 1 aromatic heterocycles. The van der Waals surface area contributed by atoms with Crippen molar-refractivity contribution in [2.24, 2.45) is 28.6 Å². The standard InChI is InChI=1S/C25H29F2NO4S/c1-12-7-15-16-9-18(26)17-8-14(29)5-6-24(17,4)25(16,27)19(30)10-23(15,3)21(12)32-22(31)20-13(2)28-11-33-20/h5-6,8,11-12,15-16,18-19,21,30H,7,9-10H2,1-4H3/t12-,15+,16+,18+,19+,21-,23+,24+,25+/m1/s1. The Morgan fingerprint density at radius 1 is 1.30 bits per heavy atom. The molecule has 4 aliphatic carbocycles. The van der Waals surface area contributed by atoms with Crippen LogP contribution in [0.25, 0.3) is 0 Å². The molecule has 33 heavy (non-hydrogen) atoms. The Morgan fingerprint density at radius 3 is 2.70 bits per heavy atom. The van der Waals surface area contributed by atoms with Crippen LogP contribution in [0.5, 0.6) is 0 Å². The number of ketones is 1. The number of carbonyl (C=O) groups excluding carboxylic acids is 2. The number of allylic oxidation sites excluding steroid dienone is 4. The van der Waals surface area contributed by atoms with Gasteiger partial charge in [-0.1, -0.05) is 19.9 Å². The Kier molecular flexibility index (Phi) is 5.04. The molecule has 9 atom stereocenters. The van der Waals surface area contributed by atoms with Crippen LogP contribution in [0.1, 0.15) is 55.4 Å². The monoisotopic (exact) mass is 477 g/mol. The van der Waals surface area contributed by atoms with Crippen LogP contribution in [0.3, 0.4) is 0 Å². The Hall–Kier alpha value is -1.93. The minimum absolute atomic E-state index is 0.0713. The van der Waals surface area contributed by atoms with Crippen LogP contribution in [0.2, 0.25) is 0 Å².